The lowest BCUT2D eigenvalue weighted by molar-refractivity contribution is -0.127. The molecule has 4 nitrogen and oxygen atoms in total. The smallest absolute Gasteiger partial charge is 0.355 e. The maximum Gasteiger partial charge on any atom is 0.355 e. The van der Waals surface area contributed by atoms with Gasteiger partial charge in [-0.05, 0) is 23.5 Å². The van der Waals surface area contributed by atoms with Crippen molar-refractivity contribution in [3.05, 3.63) is 82.3 Å². The quantitative estimate of drug-likeness (QED) is 0.770. The molecular formula is C22H22NO3S+. The molecule has 1 unspecified atom stereocenters. The molecule has 0 fully saturated rings. The Bertz CT molecular complexity index is 936. The minimum absolute atomic E-state index is 0.0158. The second kappa shape index (κ2) is 7.35. The number of aliphatic hydroxyl groups is 2. The minimum atomic E-state index is -0.141. The van der Waals surface area contributed by atoms with E-state index < -0.39 is 0 Å². The lowest BCUT2D eigenvalue weighted by atomic mass is 9.91. The van der Waals surface area contributed by atoms with Gasteiger partial charge in [0.05, 0.1) is 12.2 Å². The number of hydrogen-bond acceptors (Lipinski definition) is 4. The zero-order valence-electron chi connectivity index (χ0n) is 15.0. The number of carbonyl (C=O) groups is 1. The Kier molecular flexibility index (Phi) is 4.91. The van der Waals surface area contributed by atoms with Gasteiger partial charge in [0, 0.05) is 17.4 Å². The van der Waals surface area contributed by atoms with Gasteiger partial charge in [-0.25, -0.2) is 9.28 Å². The molecule has 2 aromatic rings. The van der Waals surface area contributed by atoms with Crippen molar-refractivity contribution in [3.8, 4) is 0 Å². The number of nitrogens with zero attached hydrogens (tertiary/aromatic N) is 1. The first-order valence-electron chi connectivity index (χ1n) is 9.08. The minimum Gasteiger partial charge on any atom is -0.506 e. The zero-order valence-corrected chi connectivity index (χ0v) is 15.8. The standard InChI is InChI=1S/C22H21NO3S/c24-12-11-23(14-16-6-2-1-3-7-16)19-9-5-4-8-18(19)21(25)20(22(23)26)17-10-13-27-15-17/h1-9,15,24H,10-14H2/p+1. The molecule has 0 bridgehead atoms. The molecule has 0 saturated heterocycles. The van der Waals surface area contributed by atoms with E-state index in [1.807, 2.05) is 60.0 Å². The van der Waals surface area contributed by atoms with E-state index in [2.05, 4.69) is 0 Å². The van der Waals surface area contributed by atoms with Crippen LogP contribution in [0.1, 0.15) is 17.5 Å². The van der Waals surface area contributed by atoms with Gasteiger partial charge in [-0.15, -0.1) is 11.8 Å². The highest BCUT2D eigenvalue weighted by Crippen LogP contribution is 2.44. The predicted octanol–water partition coefficient (Wildman–Crippen LogP) is 4.02. The average molecular weight is 380 g/mol. The third-order valence-corrected chi connectivity index (χ3v) is 6.16. The first kappa shape index (κ1) is 18.0. The summed E-state index contributed by atoms with van der Waals surface area (Å²) in [7, 11) is 0. The number of benzene rings is 2. The van der Waals surface area contributed by atoms with Gasteiger partial charge >= 0.3 is 5.91 Å². The number of thioether (sulfide) groups is 1. The van der Waals surface area contributed by atoms with Gasteiger partial charge < -0.3 is 10.2 Å². The molecule has 0 radical (unpaired) electrons. The number of para-hydroxylation sites is 1. The molecule has 5 heteroatoms. The Hall–Kier alpha value is -2.34. The van der Waals surface area contributed by atoms with Crippen LogP contribution in [0.4, 0.5) is 5.69 Å². The molecule has 0 aliphatic carbocycles. The molecule has 1 amide bonds. The first-order chi connectivity index (χ1) is 13.2. The SMILES string of the molecule is O=C1C(C2=CSCC2)=C(O)c2ccccc2[N+]1(CCO)Cc1ccccc1. The molecular weight excluding hydrogens is 358 g/mol. The van der Waals surface area contributed by atoms with Crippen LogP contribution in [-0.4, -0.2) is 35.0 Å². The molecule has 2 aliphatic rings. The molecule has 1 atom stereocenters. The summed E-state index contributed by atoms with van der Waals surface area (Å²) in [6.07, 6.45) is 0.766. The van der Waals surface area contributed by atoms with Crippen LogP contribution >= 0.6 is 11.8 Å². The molecule has 4 rings (SSSR count). The number of amides is 1. The van der Waals surface area contributed by atoms with Crippen LogP contribution in [0.25, 0.3) is 5.76 Å². The summed E-state index contributed by atoms with van der Waals surface area (Å²) >= 11 is 1.66. The average Bonchev–Trinajstić information content (AvgIpc) is 3.22. The molecule has 2 heterocycles. The molecule has 2 N–H and O–H groups in total. The van der Waals surface area contributed by atoms with E-state index in [4.69, 9.17) is 0 Å². The Labute approximate surface area is 163 Å². The van der Waals surface area contributed by atoms with Crippen molar-refractivity contribution in [3.63, 3.8) is 0 Å². The molecule has 0 saturated carbocycles. The van der Waals surface area contributed by atoms with Gasteiger partial charge in [0.15, 0.2) is 5.69 Å². The molecule has 0 spiro atoms. The van der Waals surface area contributed by atoms with Gasteiger partial charge in [0.25, 0.3) is 0 Å². The van der Waals surface area contributed by atoms with Crippen molar-refractivity contribution >= 4 is 29.1 Å². The Morgan fingerprint density at radius 2 is 1.78 bits per heavy atom. The van der Waals surface area contributed by atoms with Crippen molar-refractivity contribution in [1.82, 2.24) is 4.48 Å². The molecule has 138 valence electrons. The summed E-state index contributed by atoms with van der Waals surface area (Å²) in [5, 5.41) is 22.8. The van der Waals surface area contributed by atoms with E-state index in [0.29, 0.717) is 17.7 Å². The van der Waals surface area contributed by atoms with Crippen LogP contribution in [0.5, 0.6) is 0 Å². The highest BCUT2D eigenvalue weighted by atomic mass is 32.2. The van der Waals surface area contributed by atoms with Crippen LogP contribution in [0.15, 0.2) is 71.2 Å². The van der Waals surface area contributed by atoms with E-state index in [1.165, 1.54) is 0 Å². The normalized spacial score (nSPS) is 22.0. The topological polar surface area (TPSA) is 57.5 Å². The van der Waals surface area contributed by atoms with Crippen molar-refractivity contribution < 1.29 is 15.0 Å². The van der Waals surface area contributed by atoms with Gasteiger partial charge in [-0.2, -0.15) is 0 Å². The van der Waals surface area contributed by atoms with E-state index in [0.717, 1.165) is 29.0 Å². The summed E-state index contributed by atoms with van der Waals surface area (Å²) in [5.41, 5.74) is 3.74. The fourth-order valence-corrected chi connectivity index (χ4v) is 4.88. The summed E-state index contributed by atoms with van der Waals surface area (Å²) in [5.74, 6) is 0.835. The summed E-state index contributed by atoms with van der Waals surface area (Å²) in [6, 6.07) is 17.3. The van der Waals surface area contributed by atoms with Crippen LogP contribution in [0.2, 0.25) is 0 Å². The van der Waals surface area contributed by atoms with Gasteiger partial charge in [0.2, 0.25) is 0 Å². The van der Waals surface area contributed by atoms with Crippen molar-refractivity contribution in [1.29, 1.82) is 0 Å². The van der Waals surface area contributed by atoms with Crippen molar-refractivity contribution in [2.24, 2.45) is 0 Å². The van der Waals surface area contributed by atoms with Gasteiger partial charge in [0.1, 0.15) is 24.4 Å². The van der Waals surface area contributed by atoms with E-state index in [1.54, 1.807) is 11.8 Å². The number of quaternary nitrogens is 1. The summed E-state index contributed by atoms with van der Waals surface area (Å²) in [6.45, 7) is 0.588. The maximum atomic E-state index is 13.8. The van der Waals surface area contributed by atoms with Crippen molar-refractivity contribution in [2.45, 2.75) is 13.0 Å². The van der Waals surface area contributed by atoms with E-state index in [-0.39, 0.29) is 29.3 Å². The largest absolute Gasteiger partial charge is 0.506 e. The van der Waals surface area contributed by atoms with Crippen LogP contribution in [-0.2, 0) is 11.3 Å². The lowest BCUT2D eigenvalue weighted by Gasteiger charge is -2.39. The molecule has 2 aliphatic heterocycles. The fourth-order valence-electron chi connectivity index (χ4n) is 3.99. The fraction of sp³-hybridized carbons (Fsp3) is 0.227. The molecule has 0 aromatic heterocycles. The number of fused-ring (bicyclic) bond motifs is 1. The Morgan fingerprint density at radius 1 is 1.04 bits per heavy atom. The van der Waals surface area contributed by atoms with E-state index >= 15 is 0 Å². The van der Waals surface area contributed by atoms with Crippen LogP contribution in [0, 0.1) is 0 Å². The highest BCUT2D eigenvalue weighted by Gasteiger charge is 2.49. The highest BCUT2D eigenvalue weighted by molar-refractivity contribution is 8.02. The Morgan fingerprint density at radius 3 is 2.48 bits per heavy atom. The second-order valence-corrected chi connectivity index (χ2v) is 7.85. The number of rotatable bonds is 5. The number of aliphatic hydroxyl groups excluding tert-OH is 2. The zero-order chi connectivity index (χ0) is 18.9. The van der Waals surface area contributed by atoms with Crippen LogP contribution < -0.4 is 4.48 Å². The van der Waals surface area contributed by atoms with E-state index in [9.17, 15) is 15.0 Å². The summed E-state index contributed by atoms with van der Waals surface area (Å²) < 4.78 is -0.0158. The number of carbonyl (C=O) groups excluding carboxylic acids is 1. The lowest BCUT2D eigenvalue weighted by Crippen LogP contribution is -2.57. The van der Waals surface area contributed by atoms with Gasteiger partial charge in [-0.3, -0.25) is 0 Å². The second-order valence-electron chi connectivity index (χ2n) is 6.87. The maximum absolute atomic E-state index is 13.8. The molecule has 27 heavy (non-hydrogen) atoms. The van der Waals surface area contributed by atoms with Gasteiger partial charge in [-0.1, -0.05) is 42.5 Å². The number of hydrogen-bond donors (Lipinski definition) is 2. The summed E-state index contributed by atoms with van der Waals surface area (Å²) in [4.78, 5) is 13.8. The van der Waals surface area contributed by atoms with Crippen LogP contribution in [0.3, 0.4) is 0 Å². The van der Waals surface area contributed by atoms with Crippen molar-refractivity contribution in [2.75, 3.05) is 18.9 Å². The Balaban J connectivity index is 1.93. The third-order valence-electron chi connectivity index (χ3n) is 5.27. The third kappa shape index (κ3) is 3.02. The molecule has 2 aromatic carbocycles. The first-order valence-corrected chi connectivity index (χ1v) is 10.1. The predicted molar refractivity (Wildman–Crippen MR) is 110 cm³/mol. The monoisotopic (exact) mass is 380 g/mol.